The monoisotopic (exact) mass is 562 g/mol. The van der Waals surface area contributed by atoms with E-state index < -0.39 is 35.6 Å². The normalized spacial score (nSPS) is 25.1. The summed E-state index contributed by atoms with van der Waals surface area (Å²) in [5, 5.41) is 5.93. The van der Waals surface area contributed by atoms with Gasteiger partial charge in [0.15, 0.2) is 5.78 Å². The van der Waals surface area contributed by atoms with Gasteiger partial charge in [0.05, 0.1) is 24.2 Å². The third kappa shape index (κ3) is 5.15. The fraction of sp³-hybridized carbons (Fsp3) is 0.571. The molecule has 5 atom stereocenters. The van der Waals surface area contributed by atoms with Crippen molar-refractivity contribution < 1.29 is 37.1 Å². The van der Waals surface area contributed by atoms with E-state index in [4.69, 9.17) is 4.74 Å². The summed E-state index contributed by atoms with van der Waals surface area (Å²) in [4.78, 5) is 56.7. The zero-order valence-electron chi connectivity index (χ0n) is 22.4. The van der Waals surface area contributed by atoms with Gasteiger partial charge in [-0.15, -0.1) is 0 Å². The zero-order valence-corrected chi connectivity index (χ0v) is 22.4. The Labute approximate surface area is 229 Å². The number of alkyl halides is 3. The highest BCUT2D eigenvalue weighted by Gasteiger charge is 2.50. The molecule has 40 heavy (non-hydrogen) atoms. The van der Waals surface area contributed by atoms with Crippen molar-refractivity contribution in [2.75, 3.05) is 20.2 Å². The molecule has 1 aromatic carbocycles. The second kappa shape index (κ2) is 10.8. The Bertz CT molecular complexity index is 1340. The molecule has 1 aromatic heterocycles. The first-order valence-electron chi connectivity index (χ1n) is 13.7. The number of H-pyrrole nitrogens is 1. The molecule has 0 bridgehead atoms. The van der Waals surface area contributed by atoms with Crippen molar-refractivity contribution in [3.05, 3.63) is 29.5 Å². The highest BCUT2D eigenvalue weighted by Crippen LogP contribution is 2.43. The number of carbonyl (C=O) groups excluding carboxylic acids is 4. The number of amides is 3. The number of aromatic amines is 1. The first-order chi connectivity index (χ1) is 19.0. The lowest BCUT2D eigenvalue weighted by Crippen LogP contribution is -2.53. The van der Waals surface area contributed by atoms with Gasteiger partial charge in [-0.3, -0.25) is 19.2 Å². The second-order valence-corrected chi connectivity index (χ2v) is 11.0. The lowest BCUT2D eigenvalue weighted by Gasteiger charge is -2.29. The van der Waals surface area contributed by atoms with Crippen molar-refractivity contribution in [2.24, 2.45) is 17.8 Å². The largest absolute Gasteiger partial charge is 0.496 e. The Kier molecular flexibility index (Phi) is 7.54. The van der Waals surface area contributed by atoms with Gasteiger partial charge in [-0.2, -0.15) is 13.2 Å². The van der Waals surface area contributed by atoms with E-state index in [9.17, 15) is 32.3 Å². The number of ether oxygens (including phenoxy) is 1. The number of likely N-dealkylation sites (tertiary alicyclic amines) is 1. The number of carbonyl (C=O) groups is 4. The van der Waals surface area contributed by atoms with E-state index in [1.54, 1.807) is 6.92 Å². The van der Waals surface area contributed by atoms with Gasteiger partial charge in [0.2, 0.25) is 11.8 Å². The van der Waals surface area contributed by atoms with Crippen LogP contribution in [0.5, 0.6) is 5.75 Å². The molecule has 3 amide bonds. The molecule has 3 heterocycles. The molecule has 9 nitrogen and oxygen atoms in total. The number of rotatable bonds is 8. The van der Waals surface area contributed by atoms with E-state index >= 15 is 0 Å². The predicted octanol–water partition coefficient (Wildman–Crippen LogP) is 3.43. The number of aromatic nitrogens is 1. The minimum atomic E-state index is -4.60. The molecule has 1 aliphatic carbocycles. The minimum Gasteiger partial charge on any atom is -0.496 e. The fourth-order valence-corrected chi connectivity index (χ4v) is 6.59. The number of hydrogen-bond acceptors (Lipinski definition) is 5. The highest BCUT2D eigenvalue weighted by molar-refractivity contribution is 6.02. The van der Waals surface area contributed by atoms with Crippen molar-refractivity contribution in [2.45, 2.75) is 63.7 Å². The van der Waals surface area contributed by atoms with Gasteiger partial charge in [-0.05, 0) is 55.7 Å². The first kappa shape index (κ1) is 28.0. The molecule has 216 valence electrons. The number of ketones is 1. The third-order valence-corrected chi connectivity index (χ3v) is 8.63. The van der Waals surface area contributed by atoms with Gasteiger partial charge in [0, 0.05) is 30.8 Å². The fourth-order valence-electron chi connectivity index (χ4n) is 6.59. The number of nitrogens with zero attached hydrogens (tertiary/aromatic N) is 1. The lowest BCUT2D eigenvalue weighted by molar-refractivity contribution is -0.137. The maximum Gasteiger partial charge on any atom is 0.416 e. The smallest absolute Gasteiger partial charge is 0.416 e. The van der Waals surface area contributed by atoms with Crippen molar-refractivity contribution >= 4 is 34.4 Å². The van der Waals surface area contributed by atoms with Crippen LogP contribution < -0.4 is 15.4 Å². The molecule has 2 aromatic rings. The summed E-state index contributed by atoms with van der Waals surface area (Å²) >= 11 is 0. The van der Waals surface area contributed by atoms with Crippen LogP contribution in [-0.4, -0.2) is 65.7 Å². The van der Waals surface area contributed by atoms with Crippen molar-refractivity contribution in [3.63, 3.8) is 0 Å². The quantitative estimate of drug-likeness (QED) is 0.456. The van der Waals surface area contributed by atoms with E-state index in [0.717, 1.165) is 31.4 Å². The average molecular weight is 563 g/mol. The van der Waals surface area contributed by atoms with Crippen LogP contribution in [0.25, 0.3) is 10.9 Å². The van der Waals surface area contributed by atoms with Crippen LogP contribution in [-0.2, 0) is 20.6 Å². The molecule has 2 saturated heterocycles. The zero-order chi connectivity index (χ0) is 28.8. The molecule has 3 aliphatic rings. The van der Waals surface area contributed by atoms with E-state index in [1.807, 2.05) is 0 Å². The number of fused-ring (bicyclic) bond motifs is 2. The van der Waals surface area contributed by atoms with E-state index in [2.05, 4.69) is 15.6 Å². The Morgan fingerprint density at radius 1 is 1.18 bits per heavy atom. The highest BCUT2D eigenvalue weighted by atomic mass is 19.4. The molecule has 3 N–H and O–H groups in total. The number of benzene rings is 1. The van der Waals surface area contributed by atoms with Crippen LogP contribution in [0.4, 0.5) is 13.2 Å². The van der Waals surface area contributed by atoms with Gasteiger partial charge in [-0.1, -0.05) is 13.3 Å². The average Bonchev–Trinajstić information content (AvgIpc) is 3.70. The van der Waals surface area contributed by atoms with Crippen molar-refractivity contribution in [3.8, 4) is 5.75 Å². The van der Waals surface area contributed by atoms with Gasteiger partial charge in [0.25, 0.3) is 5.91 Å². The van der Waals surface area contributed by atoms with Crippen LogP contribution in [0.2, 0.25) is 0 Å². The lowest BCUT2D eigenvalue weighted by atomic mass is 9.91. The number of nitrogens with one attached hydrogen (secondary N) is 3. The van der Waals surface area contributed by atoms with Gasteiger partial charge >= 0.3 is 6.18 Å². The van der Waals surface area contributed by atoms with Crippen LogP contribution in [0.1, 0.15) is 61.5 Å². The predicted molar refractivity (Wildman–Crippen MR) is 138 cm³/mol. The molecule has 2 aliphatic heterocycles. The summed E-state index contributed by atoms with van der Waals surface area (Å²) in [5.74, 6) is -1.65. The van der Waals surface area contributed by atoms with E-state index in [1.165, 1.54) is 18.1 Å². The van der Waals surface area contributed by atoms with Crippen molar-refractivity contribution in [1.29, 1.82) is 0 Å². The summed E-state index contributed by atoms with van der Waals surface area (Å²) in [5.41, 5.74) is -0.763. The number of halogens is 3. The molecule has 1 saturated carbocycles. The summed E-state index contributed by atoms with van der Waals surface area (Å²) in [6.45, 7) is 2.56. The number of hydrogen-bond donors (Lipinski definition) is 3. The molecular formula is C28H33F3N4O5. The topological polar surface area (TPSA) is 121 Å². The number of methoxy groups -OCH3 is 1. The summed E-state index contributed by atoms with van der Waals surface area (Å²) in [6, 6.07) is 1.58. The molecular weight excluding hydrogens is 529 g/mol. The Morgan fingerprint density at radius 2 is 1.95 bits per heavy atom. The summed E-state index contributed by atoms with van der Waals surface area (Å²) in [6.07, 6.45) is -1.10. The Hall–Kier alpha value is -3.57. The standard InChI is InChI=1S/C28H33F3N4O5/c1-3-22(36)20(9-14-7-8-32-25(14)37)34-26(38)24-17-6-4-5-15(17)13-35(24)27(39)21-12-18-19(33-21)10-16(28(29,30)31)11-23(18)40-2/h10-12,14-15,17,20,24,33H,3-9,13H2,1-2H3,(H,32,37)(H,34,38). The van der Waals surface area contributed by atoms with Crippen LogP contribution in [0.15, 0.2) is 18.2 Å². The van der Waals surface area contributed by atoms with Gasteiger partial charge in [0.1, 0.15) is 17.5 Å². The first-order valence-corrected chi connectivity index (χ1v) is 13.7. The summed E-state index contributed by atoms with van der Waals surface area (Å²) in [7, 11) is 1.26. The summed E-state index contributed by atoms with van der Waals surface area (Å²) < 4.78 is 45.4. The van der Waals surface area contributed by atoms with E-state index in [0.29, 0.717) is 24.9 Å². The Balaban J connectivity index is 1.42. The molecule has 0 spiro atoms. The minimum absolute atomic E-state index is 0.0235. The van der Waals surface area contributed by atoms with Crippen LogP contribution in [0, 0.1) is 17.8 Å². The van der Waals surface area contributed by atoms with Crippen molar-refractivity contribution in [1.82, 2.24) is 20.5 Å². The maximum atomic E-state index is 13.8. The SMILES string of the molecule is CCC(=O)C(CC1CCNC1=O)NC(=O)C1C2CCCC2CN1C(=O)c1cc2c(OC)cc(C(F)(F)F)cc2[nH]1. The molecule has 3 fully saturated rings. The van der Waals surface area contributed by atoms with Crippen LogP contribution >= 0.6 is 0 Å². The van der Waals surface area contributed by atoms with Gasteiger partial charge in [-0.25, -0.2) is 0 Å². The van der Waals surface area contributed by atoms with Crippen LogP contribution in [0.3, 0.4) is 0 Å². The molecule has 5 rings (SSSR count). The second-order valence-electron chi connectivity index (χ2n) is 11.0. The third-order valence-electron chi connectivity index (χ3n) is 8.63. The molecule has 12 heteroatoms. The van der Waals surface area contributed by atoms with E-state index in [-0.39, 0.29) is 59.2 Å². The maximum absolute atomic E-state index is 13.8. The molecule has 5 unspecified atom stereocenters. The van der Waals surface area contributed by atoms with Gasteiger partial charge < -0.3 is 25.3 Å². The molecule has 0 radical (unpaired) electrons. The number of Topliss-reactive ketones (excluding diaryl/α,β-unsaturated/α-hetero) is 1. The Morgan fingerprint density at radius 3 is 2.60 bits per heavy atom.